The van der Waals surface area contributed by atoms with Crippen molar-refractivity contribution in [2.24, 2.45) is 5.92 Å². The summed E-state index contributed by atoms with van der Waals surface area (Å²) in [6, 6.07) is 8.60. The molecule has 1 aliphatic carbocycles. The van der Waals surface area contributed by atoms with Gasteiger partial charge in [0.1, 0.15) is 41.0 Å². The molecular weight excluding hydrogens is 700 g/mol. The fraction of sp³-hybridized carbons (Fsp3) is 0.525. The number of allylic oxidation sites excluding steroid dienone is 1. The van der Waals surface area contributed by atoms with Crippen molar-refractivity contribution in [1.29, 1.82) is 0 Å². The van der Waals surface area contributed by atoms with Crippen LogP contribution < -0.4 is 16.0 Å². The zero-order valence-corrected chi connectivity index (χ0v) is 31.0. The molecule has 2 fully saturated rings. The van der Waals surface area contributed by atoms with Gasteiger partial charge in [0.05, 0.1) is 13.1 Å². The fourth-order valence-electron chi connectivity index (χ4n) is 7.51. The minimum Gasteiger partial charge on any atom is -0.444 e. The molecule has 5 atom stereocenters. The number of alkyl carbamates (subject to hydrolysis) is 1. The van der Waals surface area contributed by atoms with Crippen LogP contribution >= 0.6 is 0 Å². The third-order valence-corrected chi connectivity index (χ3v) is 10.4. The van der Waals surface area contributed by atoms with Crippen molar-refractivity contribution in [2.45, 2.75) is 115 Å². The minimum absolute atomic E-state index is 0.0216. The van der Waals surface area contributed by atoms with E-state index >= 15 is 0 Å². The number of rotatable bonds is 6. The Morgan fingerprint density at radius 1 is 1.04 bits per heavy atom. The number of carbonyl (C=O) groups excluding carboxylic acids is 5. The summed E-state index contributed by atoms with van der Waals surface area (Å²) in [5.74, 6) is -2.61. The quantitative estimate of drug-likeness (QED) is 0.351. The molecule has 2 aromatic rings. The molecule has 290 valence electrons. The van der Waals surface area contributed by atoms with E-state index in [1.54, 1.807) is 45.0 Å². The van der Waals surface area contributed by atoms with Gasteiger partial charge in [-0.15, -0.1) is 0 Å². The SMILES string of the molecule is CC(C)(C)OC(=O)NC1CCCCC/C=C\C2CC2(C(=O)NCCc2cccc(F)c2)NC(=O)[C@@H]2CC(OC(=O)N3Cc4cccc(F)c4C3)CN2C1=O. The normalized spacial score (nSPS) is 26.2. The van der Waals surface area contributed by atoms with Crippen LogP contribution in [0.15, 0.2) is 54.6 Å². The molecule has 0 bridgehead atoms. The number of benzene rings is 2. The monoisotopic (exact) mass is 749 g/mol. The van der Waals surface area contributed by atoms with Crippen LogP contribution in [0.25, 0.3) is 0 Å². The Bertz CT molecular complexity index is 1800. The Labute approximate surface area is 314 Å². The Balaban J connectivity index is 1.22. The van der Waals surface area contributed by atoms with Crippen LogP contribution in [-0.4, -0.2) is 82.1 Å². The van der Waals surface area contributed by atoms with Gasteiger partial charge in [0.2, 0.25) is 17.7 Å². The Morgan fingerprint density at radius 3 is 2.59 bits per heavy atom. The van der Waals surface area contributed by atoms with Crippen LogP contribution in [0.4, 0.5) is 18.4 Å². The molecule has 0 aromatic heterocycles. The number of nitrogens with zero attached hydrogens (tertiary/aromatic N) is 2. The van der Waals surface area contributed by atoms with Crippen LogP contribution in [0, 0.1) is 17.6 Å². The van der Waals surface area contributed by atoms with Gasteiger partial charge in [0.15, 0.2) is 0 Å². The van der Waals surface area contributed by atoms with E-state index in [4.69, 9.17) is 9.47 Å². The molecule has 6 rings (SSSR count). The molecule has 3 N–H and O–H groups in total. The summed E-state index contributed by atoms with van der Waals surface area (Å²) in [5.41, 5.74) is -0.307. The van der Waals surface area contributed by atoms with Crippen LogP contribution in [-0.2, 0) is 43.4 Å². The largest absolute Gasteiger partial charge is 0.444 e. The average molecular weight is 750 g/mol. The van der Waals surface area contributed by atoms with Crippen LogP contribution in [0.1, 0.15) is 82.4 Å². The third-order valence-electron chi connectivity index (χ3n) is 10.4. The first-order valence-corrected chi connectivity index (χ1v) is 18.8. The lowest BCUT2D eigenvalue weighted by atomic mass is 10.0. The van der Waals surface area contributed by atoms with E-state index in [0.717, 1.165) is 19.3 Å². The first-order valence-electron chi connectivity index (χ1n) is 18.8. The van der Waals surface area contributed by atoms with Crippen molar-refractivity contribution in [3.63, 3.8) is 0 Å². The maximum atomic E-state index is 14.4. The zero-order chi connectivity index (χ0) is 38.6. The van der Waals surface area contributed by atoms with Crippen LogP contribution in [0.3, 0.4) is 0 Å². The van der Waals surface area contributed by atoms with Gasteiger partial charge in [0.25, 0.3) is 0 Å². The zero-order valence-electron chi connectivity index (χ0n) is 31.0. The summed E-state index contributed by atoms with van der Waals surface area (Å²) in [6.45, 7) is 5.38. The number of nitrogens with one attached hydrogen (secondary N) is 3. The van der Waals surface area contributed by atoms with Gasteiger partial charge in [-0.3, -0.25) is 19.3 Å². The minimum atomic E-state index is -1.28. The molecule has 54 heavy (non-hydrogen) atoms. The predicted octanol–water partition coefficient (Wildman–Crippen LogP) is 5.03. The number of ether oxygens (including phenoxy) is 2. The van der Waals surface area contributed by atoms with Crippen molar-refractivity contribution in [3.8, 4) is 0 Å². The fourth-order valence-corrected chi connectivity index (χ4v) is 7.51. The molecule has 1 saturated carbocycles. The van der Waals surface area contributed by atoms with Crippen LogP contribution in [0.5, 0.6) is 0 Å². The summed E-state index contributed by atoms with van der Waals surface area (Å²) < 4.78 is 39.5. The summed E-state index contributed by atoms with van der Waals surface area (Å²) >= 11 is 0. The number of amides is 5. The standard InChI is InChI=1S/C40H49F2N5O7/c1-39(2,3)54-37(51)44-32-16-8-6-4-5-7-13-27-21-40(27,36(50)43-18-17-25-11-9-14-28(41)19-25)45-34(48)33-20-29(23-47(33)35(32)49)53-38(52)46-22-26-12-10-15-31(42)30(26)24-46/h7,9-15,19,27,29,32-33H,4-6,8,16-18,20-24H2,1-3H3,(H,43,50)(H,44,51)(H,45,48)/b13-7-/t27?,29?,32?,33-,40?/m0/s1. The summed E-state index contributed by atoms with van der Waals surface area (Å²) in [4.78, 5) is 71.4. The Hall–Kier alpha value is -5.01. The molecule has 14 heteroatoms. The molecule has 4 unspecified atom stereocenters. The smallest absolute Gasteiger partial charge is 0.410 e. The van der Waals surface area contributed by atoms with Gasteiger partial charge in [-0.25, -0.2) is 18.4 Å². The van der Waals surface area contributed by atoms with E-state index in [9.17, 15) is 32.8 Å². The number of halogens is 2. The van der Waals surface area contributed by atoms with Gasteiger partial charge in [-0.1, -0.05) is 49.3 Å². The lowest BCUT2D eigenvalue weighted by Crippen LogP contribution is -2.58. The highest BCUT2D eigenvalue weighted by Crippen LogP contribution is 2.45. The second-order valence-corrected chi connectivity index (χ2v) is 15.7. The second-order valence-electron chi connectivity index (χ2n) is 15.7. The lowest BCUT2D eigenvalue weighted by molar-refractivity contribution is -0.141. The molecule has 1 saturated heterocycles. The van der Waals surface area contributed by atoms with E-state index in [1.807, 2.05) is 12.2 Å². The molecule has 4 aliphatic rings. The predicted molar refractivity (Wildman–Crippen MR) is 194 cm³/mol. The van der Waals surface area contributed by atoms with Crippen molar-refractivity contribution in [3.05, 3.63) is 82.9 Å². The number of fused-ring (bicyclic) bond motifs is 3. The van der Waals surface area contributed by atoms with E-state index in [-0.39, 0.29) is 50.8 Å². The van der Waals surface area contributed by atoms with Gasteiger partial charge in [-0.05, 0) is 82.2 Å². The Kier molecular flexibility index (Phi) is 11.6. The van der Waals surface area contributed by atoms with Gasteiger partial charge < -0.3 is 30.3 Å². The maximum absolute atomic E-state index is 14.4. The van der Waals surface area contributed by atoms with Crippen molar-refractivity contribution >= 4 is 29.9 Å². The van der Waals surface area contributed by atoms with Crippen LogP contribution in [0.2, 0.25) is 0 Å². The third kappa shape index (κ3) is 9.19. The van der Waals surface area contributed by atoms with Gasteiger partial charge >= 0.3 is 12.2 Å². The highest BCUT2D eigenvalue weighted by Gasteiger charge is 2.61. The first-order chi connectivity index (χ1) is 25.7. The van der Waals surface area contributed by atoms with Gasteiger partial charge in [0, 0.05) is 31.0 Å². The molecule has 0 spiro atoms. The van der Waals surface area contributed by atoms with Crippen molar-refractivity contribution < 1.29 is 42.2 Å². The number of hydrogen-bond acceptors (Lipinski definition) is 7. The number of carbonyl (C=O) groups is 5. The highest BCUT2D eigenvalue weighted by molar-refractivity contribution is 5.98. The molecule has 2 aromatic carbocycles. The second kappa shape index (κ2) is 16.2. The van der Waals surface area contributed by atoms with Crippen molar-refractivity contribution in [2.75, 3.05) is 13.1 Å². The van der Waals surface area contributed by atoms with Gasteiger partial charge in [-0.2, -0.15) is 0 Å². The van der Waals surface area contributed by atoms with E-state index in [2.05, 4.69) is 16.0 Å². The molecular formula is C40H49F2N5O7. The maximum Gasteiger partial charge on any atom is 0.410 e. The van der Waals surface area contributed by atoms with E-state index < -0.39 is 65.1 Å². The average Bonchev–Trinajstić information content (AvgIpc) is 3.40. The molecule has 5 amide bonds. The molecule has 0 radical (unpaired) electrons. The summed E-state index contributed by atoms with van der Waals surface area (Å²) in [7, 11) is 0. The topological polar surface area (TPSA) is 146 Å². The molecule has 3 heterocycles. The summed E-state index contributed by atoms with van der Waals surface area (Å²) in [6.07, 6.45) is 5.41. The van der Waals surface area contributed by atoms with E-state index in [0.29, 0.717) is 36.0 Å². The first kappa shape index (κ1) is 38.7. The molecule has 3 aliphatic heterocycles. The summed E-state index contributed by atoms with van der Waals surface area (Å²) in [5, 5.41) is 8.57. The Morgan fingerprint density at radius 2 is 1.83 bits per heavy atom. The molecule has 12 nitrogen and oxygen atoms in total. The highest BCUT2D eigenvalue weighted by atomic mass is 19.1. The van der Waals surface area contributed by atoms with E-state index in [1.165, 1.54) is 28.0 Å². The number of hydrogen-bond donors (Lipinski definition) is 3. The lowest BCUT2D eigenvalue weighted by Gasteiger charge is -2.30. The van der Waals surface area contributed by atoms with Crippen molar-refractivity contribution in [1.82, 2.24) is 25.8 Å².